The van der Waals surface area contributed by atoms with E-state index in [9.17, 15) is 4.79 Å². The number of nitrogens with zero attached hydrogens (tertiary/aromatic N) is 2. The standard InChI is InChI=1S/C14H13N3O2/c18-14-12-6-7-17(13(12)8-15-16-14)10-19-9-11-4-2-1-3-5-11/h1-8H,9-10H2,(H,16,18). The van der Waals surface area contributed by atoms with E-state index in [-0.39, 0.29) is 5.56 Å². The molecule has 3 aromatic rings. The molecule has 2 heterocycles. The largest absolute Gasteiger partial charge is 0.356 e. The number of H-pyrrole nitrogens is 1. The number of aromatic amines is 1. The predicted octanol–water partition coefficient (Wildman–Crippen LogP) is 1.90. The molecular weight excluding hydrogens is 242 g/mol. The van der Waals surface area contributed by atoms with Crippen molar-refractivity contribution < 1.29 is 4.74 Å². The van der Waals surface area contributed by atoms with Gasteiger partial charge in [0.15, 0.2) is 0 Å². The highest BCUT2D eigenvalue weighted by molar-refractivity contribution is 5.77. The van der Waals surface area contributed by atoms with Gasteiger partial charge in [-0.15, -0.1) is 0 Å². The van der Waals surface area contributed by atoms with Crippen molar-refractivity contribution >= 4 is 10.9 Å². The summed E-state index contributed by atoms with van der Waals surface area (Å²) in [5.74, 6) is 0. The van der Waals surface area contributed by atoms with Crippen molar-refractivity contribution in [2.45, 2.75) is 13.3 Å². The summed E-state index contributed by atoms with van der Waals surface area (Å²) in [6.45, 7) is 0.931. The zero-order valence-electron chi connectivity index (χ0n) is 10.2. The maximum Gasteiger partial charge on any atom is 0.273 e. The molecule has 0 radical (unpaired) electrons. The Morgan fingerprint density at radius 3 is 2.89 bits per heavy atom. The monoisotopic (exact) mass is 255 g/mol. The Balaban J connectivity index is 1.72. The summed E-state index contributed by atoms with van der Waals surface area (Å²) < 4.78 is 7.50. The topological polar surface area (TPSA) is 59.9 Å². The minimum Gasteiger partial charge on any atom is -0.356 e. The van der Waals surface area contributed by atoms with E-state index in [4.69, 9.17) is 4.74 Å². The minimum atomic E-state index is -0.181. The number of fused-ring (bicyclic) bond motifs is 1. The van der Waals surface area contributed by atoms with E-state index in [1.165, 1.54) is 0 Å². The Morgan fingerprint density at radius 1 is 1.21 bits per heavy atom. The van der Waals surface area contributed by atoms with Gasteiger partial charge in [-0.1, -0.05) is 30.3 Å². The quantitative estimate of drug-likeness (QED) is 0.774. The molecule has 0 bridgehead atoms. The third-order valence-corrected chi connectivity index (χ3v) is 2.95. The number of rotatable bonds is 4. The van der Waals surface area contributed by atoms with Crippen LogP contribution in [0.5, 0.6) is 0 Å². The van der Waals surface area contributed by atoms with Crippen LogP contribution >= 0.6 is 0 Å². The van der Waals surface area contributed by atoms with Crippen LogP contribution in [0.3, 0.4) is 0 Å². The Bertz CT molecular complexity index is 731. The van der Waals surface area contributed by atoms with Gasteiger partial charge in [-0.25, -0.2) is 5.10 Å². The molecule has 0 saturated carbocycles. The van der Waals surface area contributed by atoms with E-state index < -0.39 is 0 Å². The predicted molar refractivity (Wildman–Crippen MR) is 71.6 cm³/mol. The van der Waals surface area contributed by atoms with Gasteiger partial charge < -0.3 is 9.30 Å². The third-order valence-electron chi connectivity index (χ3n) is 2.95. The molecule has 1 N–H and O–H groups in total. The van der Waals surface area contributed by atoms with E-state index in [1.54, 1.807) is 12.3 Å². The zero-order chi connectivity index (χ0) is 13.1. The molecule has 0 saturated heterocycles. The van der Waals surface area contributed by atoms with Crippen molar-refractivity contribution in [1.82, 2.24) is 14.8 Å². The molecule has 96 valence electrons. The van der Waals surface area contributed by atoms with Crippen LogP contribution < -0.4 is 5.56 Å². The lowest BCUT2D eigenvalue weighted by Gasteiger charge is -2.06. The van der Waals surface area contributed by atoms with Crippen molar-refractivity contribution in [2.75, 3.05) is 0 Å². The Kier molecular flexibility index (Phi) is 3.12. The van der Waals surface area contributed by atoms with Crippen LogP contribution in [-0.4, -0.2) is 14.8 Å². The molecule has 0 atom stereocenters. The molecule has 1 aromatic carbocycles. The van der Waals surface area contributed by atoms with Crippen molar-refractivity contribution in [3.8, 4) is 0 Å². The van der Waals surface area contributed by atoms with Gasteiger partial charge in [-0.05, 0) is 11.6 Å². The second-order valence-electron chi connectivity index (χ2n) is 4.25. The smallest absolute Gasteiger partial charge is 0.273 e. The second kappa shape index (κ2) is 5.07. The fourth-order valence-corrected chi connectivity index (χ4v) is 1.98. The molecule has 19 heavy (non-hydrogen) atoms. The maximum atomic E-state index is 11.5. The third kappa shape index (κ3) is 2.41. The van der Waals surface area contributed by atoms with Gasteiger partial charge in [0.25, 0.3) is 5.56 Å². The lowest BCUT2D eigenvalue weighted by Crippen LogP contribution is -2.08. The van der Waals surface area contributed by atoms with E-state index in [0.29, 0.717) is 18.7 Å². The van der Waals surface area contributed by atoms with Gasteiger partial charge in [0.2, 0.25) is 0 Å². The van der Waals surface area contributed by atoms with Gasteiger partial charge in [-0.3, -0.25) is 4.79 Å². The van der Waals surface area contributed by atoms with Gasteiger partial charge in [0, 0.05) is 6.20 Å². The van der Waals surface area contributed by atoms with Gasteiger partial charge >= 0.3 is 0 Å². The van der Waals surface area contributed by atoms with Crippen LogP contribution in [0.2, 0.25) is 0 Å². The first-order valence-electron chi connectivity index (χ1n) is 5.99. The van der Waals surface area contributed by atoms with Crippen molar-refractivity contribution in [3.05, 3.63) is 64.7 Å². The zero-order valence-corrected chi connectivity index (χ0v) is 10.2. The molecule has 0 spiro atoms. The average molecular weight is 255 g/mol. The molecule has 3 rings (SSSR count). The van der Waals surface area contributed by atoms with Crippen molar-refractivity contribution in [3.63, 3.8) is 0 Å². The first kappa shape index (κ1) is 11.7. The van der Waals surface area contributed by atoms with Crippen LogP contribution in [0.4, 0.5) is 0 Å². The van der Waals surface area contributed by atoms with Crippen molar-refractivity contribution in [1.29, 1.82) is 0 Å². The number of nitrogens with one attached hydrogen (secondary N) is 1. The SMILES string of the molecule is O=c1[nH]ncc2c1ccn2COCc1ccccc1. The first-order valence-corrected chi connectivity index (χ1v) is 5.99. The minimum absolute atomic E-state index is 0.181. The van der Waals surface area contributed by atoms with Crippen LogP contribution in [0.1, 0.15) is 5.56 Å². The number of hydrogen-bond donors (Lipinski definition) is 1. The summed E-state index contributed by atoms with van der Waals surface area (Å²) in [5.41, 5.74) is 1.71. The fourth-order valence-electron chi connectivity index (χ4n) is 1.98. The highest BCUT2D eigenvalue weighted by Crippen LogP contribution is 2.10. The maximum absolute atomic E-state index is 11.5. The molecule has 0 fully saturated rings. The molecule has 5 heteroatoms. The molecule has 5 nitrogen and oxygen atoms in total. The Labute approximate surface area is 109 Å². The van der Waals surface area contributed by atoms with Crippen LogP contribution in [0, 0.1) is 0 Å². The average Bonchev–Trinajstić information content (AvgIpc) is 2.85. The Hall–Kier alpha value is -2.40. The molecule has 0 aliphatic heterocycles. The molecular formula is C14H13N3O2. The van der Waals surface area contributed by atoms with E-state index in [2.05, 4.69) is 10.2 Å². The van der Waals surface area contributed by atoms with E-state index in [0.717, 1.165) is 11.1 Å². The number of ether oxygens (including phenoxy) is 1. The van der Waals surface area contributed by atoms with Crippen LogP contribution in [0.25, 0.3) is 10.9 Å². The molecule has 0 aliphatic rings. The number of hydrogen-bond acceptors (Lipinski definition) is 3. The van der Waals surface area contributed by atoms with Crippen LogP contribution in [0.15, 0.2) is 53.6 Å². The molecule has 0 unspecified atom stereocenters. The van der Waals surface area contributed by atoms with Crippen LogP contribution in [-0.2, 0) is 18.1 Å². The summed E-state index contributed by atoms with van der Waals surface area (Å²) >= 11 is 0. The second-order valence-corrected chi connectivity index (χ2v) is 4.25. The highest BCUT2D eigenvalue weighted by Gasteiger charge is 2.04. The van der Waals surface area contributed by atoms with Crippen molar-refractivity contribution in [2.24, 2.45) is 0 Å². The molecule has 0 aliphatic carbocycles. The normalized spacial score (nSPS) is 10.9. The number of aromatic nitrogens is 3. The lowest BCUT2D eigenvalue weighted by atomic mass is 10.2. The fraction of sp³-hybridized carbons (Fsp3) is 0.143. The summed E-state index contributed by atoms with van der Waals surface area (Å²) in [6.07, 6.45) is 3.45. The highest BCUT2D eigenvalue weighted by atomic mass is 16.5. The van der Waals surface area contributed by atoms with Gasteiger partial charge in [0.1, 0.15) is 6.73 Å². The molecule has 2 aromatic heterocycles. The summed E-state index contributed by atoms with van der Waals surface area (Å²) in [5, 5.41) is 6.83. The summed E-state index contributed by atoms with van der Waals surface area (Å²) in [6, 6.07) is 11.7. The summed E-state index contributed by atoms with van der Waals surface area (Å²) in [7, 11) is 0. The number of benzene rings is 1. The molecule has 0 amide bonds. The first-order chi connectivity index (χ1) is 9.34. The Morgan fingerprint density at radius 2 is 2.05 bits per heavy atom. The van der Waals surface area contributed by atoms with Gasteiger partial charge in [0.05, 0.1) is 23.7 Å². The van der Waals surface area contributed by atoms with E-state index in [1.807, 2.05) is 41.1 Å². The lowest BCUT2D eigenvalue weighted by molar-refractivity contribution is 0.0667. The van der Waals surface area contributed by atoms with E-state index >= 15 is 0 Å². The van der Waals surface area contributed by atoms with Gasteiger partial charge in [-0.2, -0.15) is 5.10 Å². The summed E-state index contributed by atoms with van der Waals surface area (Å²) in [4.78, 5) is 11.5.